The van der Waals surface area contributed by atoms with Gasteiger partial charge < -0.3 is 0 Å². The van der Waals surface area contributed by atoms with Crippen molar-refractivity contribution in [1.29, 1.82) is 0 Å². The van der Waals surface area contributed by atoms with Crippen molar-refractivity contribution in [2.24, 2.45) is 0 Å². The van der Waals surface area contributed by atoms with Crippen LogP contribution in [-0.4, -0.2) is 9.97 Å². The van der Waals surface area contributed by atoms with Crippen molar-refractivity contribution in [2.45, 2.75) is 0 Å². The maximum Gasteiger partial charge on any atom is 0.0701 e. The van der Waals surface area contributed by atoms with Crippen LogP contribution in [0.15, 0.2) is 219 Å². The zero-order chi connectivity index (χ0) is 37.3. The highest BCUT2D eigenvalue weighted by molar-refractivity contribution is 6.22. The molecule has 0 saturated carbocycles. The van der Waals surface area contributed by atoms with Crippen molar-refractivity contribution in [2.75, 3.05) is 0 Å². The standard InChI is InChI=1S/C54H36N2/c1-3-13-37(14-4-1)44-33-45(38-15-5-2-6-16-38)35-46(34-44)43-29-30-49-50(36-43)54(42-27-23-40(24-28-42)52-20-10-12-32-56-52)48-18-8-7-17-47(48)53(49)41-25-21-39(22-26-41)51-19-9-11-31-55-51/h1-36H. The van der Waals surface area contributed by atoms with Crippen molar-refractivity contribution in [3.8, 4) is 78.1 Å². The highest BCUT2D eigenvalue weighted by Gasteiger charge is 2.19. The fourth-order valence-corrected chi connectivity index (χ4v) is 8.05. The van der Waals surface area contributed by atoms with Gasteiger partial charge in [0.1, 0.15) is 0 Å². The highest BCUT2D eigenvalue weighted by Crippen LogP contribution is 2.46. The van der Waals surface area contributed by atoms with E-state index in [1.807, 2.05) is 36.7 Å². The molecule has 0 amide bonds. The Kier molecular flexibility index (Phi) is 8.55. The smallest absolute Gasteiger partial charge is 0.0701 e. The average molecular weight is 713 g/mol. The van der Waals surface area contributed by atoms with E-state index in [0.29, 0.717) is 0 Å². The van der Waals surface area contributed by atoms with Gasteiger partial charge in [0.2, 0.25) is 0 Å². The van der Waals surface area contributed by atoms with E-state index in [0.717, 1.165) is 22.5 Å². The van der Waals surface area contributed by atoms with Crippen molar-refractivity contribution >= 4 is 21.5 Å². The van der Waals surface area contributed by atoms with Crippen LogP contribution in [-0.2, 0) is 0 Å². The number of nitrogens with zero attached hydrogens (tertiary/aromatic N) is 2. The molecule has 0 N–H and O–H groups in total. The van der Waals surface area contributed by atoms with E-state index in [-0.39, 0.29) is 0 Å². The average Bonchev–Trinajstić information content (AvgIpc) is 3.29. The Hall–Kier alpha value is -7.42. The Morgan fingerprint density at radius 1 is 0.214 bits per heavy atom. The first kappa shape index (κ1) is 33.2. The zero-order valence-electron chi connectivity index (χ0n) is 30.7. The molecule has 2 aromatic heterocycles. The van der Waals surface area contributed by atoms with Crippen LogP contribution in [0.4, 0.5) is 0 Å². The largest absolute Gasteiger partial charge is 0.256 e. The summed E-state index contributed by atoms with van der Waals surface area (Å²) < 4.78 is 0. The van der Waals surface area contributed by atoms with Crippen LogP contribution in [0, 0.1) is 0 Å². The summed E-state index contributed by atoms with van der Waals surface area (Å²) in [7, 11) is 0. The molecule has 10 aromatic rings. The quantitative estimate of drug-likeness (QED) is 0.154. The van der Waals surface area contributed by atoms with E-state index in [4.69, 9.17) is 0 Å². The third-order valence-electron chi connectivity index (χ3n) is 10.8. The molecule has 0 spiro atoms. The van der Waals surface area contributed by atoms with E-state index in [2.05, 4.69) is 192 Å². The van der Waals surface area contributed by atoms with Gasteiger partial charge in [0.05, 0.1) is 11.4 Å². The number of hydrogen-bond donors (Lipinski definition) is 0. The van der Waals surface area contributed by atoms with Crippen LogP contribution >= 0.6 is 0 Å². The van der Waals surface area contributed by atoms with Gasteiger partial charge in [-0.15, -0.1) is 0 Å². The summed E-state index contributed by atoms with van der Waals surface area (Å²) in [6, 6.07) is 74.2. The molecule has 0 atom stereocenters. The normalized spacial score (nSPS) is 11.2. The van der Waals surface area contributed by atoms with Crippen molar-refractivity contribution < 1.29 is 0 Å². The van der Waals surface area contributed by atoms with Gasteiger partial charge in [0, 0.05) is 23.5 Å². The van der Waals surface area contributed by atoms with Crippen molar-refractivity contribution in [3.63, 3.8) is 0 Å². The van der Waals surface area contributed by atoms with Gasteiger partial charge in [0.15, 0.2) is 0 Å². The van der Waals surface area contributed by atoms with E-state index < -0.39 is 0 Å². The van der Waals surface area contributed by atoms with Crippen LogP contribution in [0.2, 0.25) is 0 Å². The molecule has 2 nitrogen and oxygen atoms in total. The number of benzene rings is 8. The van der Waals surface area contributed by atoms with Gasteiger partial charge in [-0.25, -0.2) is 0 Å². The van der Waals surface area contributed by atoms with Gasteiger partial charge in [-0.2, -0.15) is 0 Å². The molecule has 0 aliphatic carbocycles. The van der Waals surface area contributed by atoms with Crippen molar-refractivity contribution in [1.82, 2.24) is 9.97 Å². The van der Waals surface area contributed by atoms with Crippen LogP contribution in [0.1, 0.15) is 0 Å². The summed E-state index contributed by atoms with van der Waals surface area (Å²) in [6.45, 7) is 0. The second-order valence-electron chi connectivity index (χ2n) is 14.2. The first-order valence-electron chi connectivity index (χ1n) is 19.1. The molecule has 2 heteroatoms. The molecule has 262 valence electrons. The number of pyridine rings is 2. The maximum absolute atomic E-state index is 4.62. The molecular weight excluding hydrogens is 677 g/mol. The lowest BCUT2D eigenvalue weighted by atomic mass is 9.84. The molecule has 56 heavy (non-hydrogen) atoms. The zero-order valence-corrected chi connectivity index (χ0v) is 30.7. The molecule has 2 heterocycles. The number of aromatic nitrogens is 2. The lowest BCUT2D eigenvalue weighted by Gasteiger charge is -2.19. The van der Waals surface area contributed by atoms with Gasteiger partial charge in [-0.05, 0) is 126 Å². The SMILES string of the molecule is c1ccc(-c2cc(-c3ccccc3)cc(-c3ccc4c(-c5ccc(-c6ccccn6)cc5)c5ccccc5c(-c5ccc(-c6ccccn6)cc5)c4c3)c2)cc1. The second-order valence-corrected chi connectivity index (χ2v) is 14.2. The first-order valence-corrected chi connectivity index (χ1v) is 19.1. The van der Waals surface area contributed by atoms with Crippen molar-refractivity contribution in [3.05, 3.63) is 219 Å². The molecule has 0 unspecified atom stereocenters. The van der Waals surface area contributed by atoms with E-state index in [9.17, 15) is 0 Å². The minimum absolute atomic E-state index is 0.966. The number of rotatable bonds is 7. The third kappa shape index (κ3) is 6.24. The summed E-state index contributed by atoms with van der Waals surface area (Å²) in [5, 5.41) is 4.86. The molecule has 0 aliphatic heterocycles. The Bertz CT molecular complexity index is 2900. The molecule has 0 fully saturated rings. The molecule has 0 saturated heterocycles. The van der Waals surface area contributed by atoms with Crippen LogP contribution in [0.3, 0.4) is 0 Å². The van der Waals surface area contributed by atoms with Gasteiger partial charge >= 0.3 is 0 Å². The molecular formula is C54H36N2. The molecule has 0 aliphatic rings. The molecule has 0 bridgehead atoms. The predicted molar refractivity (Wildman–Crippen MR) is 235 cm³/mol. The number of fused-ring (bicyclic) bond motifs is 2. The lowest BCUT2D eigenvalue weighted by Crippen LogP contribution is -1.93. The number of hydrogen-bond acceptors (Lipinski definition) is 2. The molecule has 10 rings (SSSR count). The first-order chi connectivity index (χ1) is 27.8. The minimum atomic E-state index is 0.966. The van der Waals surface area contributed by atoms with Crippen LogP contribution < -0.4 is 0 Å². The fraction of sp³-hybridized carbons (Fsp3) is 0. The summed E-state index contributed by atoms with van der Waals surface area (Å²) in [4.78, 5) is 9.23. The van der Waals surface area contributed by atoms with Crippen LogP contribution in [0.25, 0.3) is 99.7 Å². The molecule has 8 aromatic carbocycles. The van der Waals surface area contributed by atoms with Gasteiger partial charge in [-0.1, -0.05) is 158 Å². The van der Waals surface area contributed by atoms with Crippen LogP contribution in [0.5, 0.6) is 0 Å². The topological polar surface area (TPSA) is 25.8 Å². The Morgan fingerprint density at radius 3 is 1.05 bits per heavy atom. The van der Waals surface area contributed by atoms with E-state index >= 15 is 0 Å². The summed E-state index contributed by atoms with van der Waals surface area (Å²) in [5.41, 5.74) is 16.1. The Balaban J connectivity index is 1.22. The van der Waals surface area contributed by atoms with E-state index in [1.54, 1.807) is 0 Å². The van der Waals surface area contributed by atoms with Gasteiger partial charge in [-0.3, -0.25) is 9.97 Å². The Labute approximate surface area is 327 Å². The highest BCUT2D eigenvalue weighted by atomic mass is 14.7. The van der Waals surface area contributed by atoms with E-state index in [1.165, 1.54) is 77.2 Å². The summed E-state index contributed by atoms with van der Waals surface area (Å²) >= 11 is 0. The molecule has 0 radical (unpaired) electrons. The Morgan fingerprint density at radius 2 is 0.589 bits per heavy atom. The lowest BCUT2D eigenvalue weighted by molar-refractivity contribution is 1.33. The van der Waals surface area contributed by atoms with Gasteiger partial charge in [0.25, 0.3) is 0 Å². The summed E-state index contributed by atoms with van der Waals surface area (Å²) in [6.07, 6.45) is 3.70. The maximum atomic E-state index is 4.62. The third-order valence-corrected chi connectivity index (χ3v) is 10.8. The summed E-state index contributed by atoms with van der Waals surface area (Å²) in [5.74, 6) is 0. The minimum Gasteiger partial charge on any atom is -0.256 e. The predicted octanol–water partition coefficient (Wildman–Crippen LogP) is 14.5. The monoisotopic (exact) mass is 712 g/mol. The fourth-order valence-electron chi connectivity index (χ4n) is 8.05. The second kappa shape index (κ2) is 14.4.